The molecule has 230 valence electrons. The number of hydrogen-bond acceptors (Lipinski definition) is 4. The molecule has 2 bridgehead atoms. The second-order valence-electron chi connectivity index (χ2n) is 11.9. The molecule has 0 unspecified atom stereocenters. The van der Waals surface area contributed by atoms with Crippen molar-refractivity contribution in [3.63, 3.8) is 0 Å². The summed E-state index contributed by atoms with van der Waals surface area (Å²) in [5.41, 5.74) is 4.97. The Balaban J connectivity index is 1.66. The van der Waals surface area contributed by atoms with Crippen LogP contribution in [0.4, 0.5) is 5.69 Å². The molecular formula is C32H43N5O2P2S2. The standard InChI is InChI=1S/C32H43N5O2P2S2/c1-5-9-18-33-27-28(34(31(33)42)19-10-6-2)41-24-23(25(38)37(26(24)39)22-16-14-13-15-17-22)40(27)29-30(41)36(21-12-8-4)32(43)35(29)20-11-7-3/h13-17,23-24H,5-12,18-21H2,1-4H3/t23-,24+,40?,41?. The smallest absolute Gasteiger partial charge is 0.243 e. The van der Waals surface area contributed by atoms with Crippen molar-refractivity contribution in [3.8, 4) is 0 Å². The molecule has 1 saturated heterocycles. The SMILES string of the molecule is CCCCn1c2c(n(CCCC)c1=S)P1c3c(n(CCCC)c(=S)n3CCCC)P2[C@@H]2C(=O)N(c3ccccc3)C(=O)[C@@H]21. The number of rotatable bonds is 13. The van der Waals surface area contributed by atoms with Gasteiger partial charge in [0.2, 0.25) is 11.8 Å². The number of amides is 2. The summed E-state index contributed by atoms with van der Waals surface area (Å²) < 4.78 is 11.3. The lowest BCUT2D eigenvalue weighted by Crippen LogP contribution is -2.59. The Morgan fingerprint density at radius 2 is 0.907 bits per heavy atom. The number of anilines is 1. The third-order valence-corrected chi connectivity index (χ3v) is 16.3. The third-order valence-electron chi connectivity index (χ3n) is 9.02. The van der Waals surface area contributed by atoms with Gasteiger partial charge in [-0.3, -0.25) is 9.59 Å². The van der Waals surface area contributed by atoms with E-state index >= 15 is 0 Å². The van der Waals surface area contributed by atoms with E-state index in [2.05, 4.69) is 46.0 Å². The van der Waals surface area contributed by atoms with Crippen LogP contribution in [-0.2, 0) is 35.8 Å². The second kappa shape index (κ2) is 12.8. The van der Waals surface area contributed by atoms with Crippen molar-refractivity contribution < 1.29 is 9.59 Å². The van der Waals surface area contributed by atoms with Gasteiger partial charge in [-0.2, -0.15) is 0 Å². The number of unbranched alkanes of at least 4 members (excludes halogenated alkanes) is 4. The number of carbonyl (C=O) groups excluding carboxylic acids is 2. The second-order valence-corrected chi connectivity index (χ2v) is 16.9. The first-order valence-corrected chi connectivity index (χ1v) is 19.7. The number of carbonyl (C=O) groups is 2. The van der Waals surface area contributed by atoms with Crippen LogP contribution >= 0.6 is 40.3 Å². The minimum absolute atomic E-state index is 0.0420. The number of benzene rings is 1. The average molecular weight is 656 g/mol. The Hall–Kier alpha value is -1.92. The summed E-state index contributed by atoms with van der Waals surface area (Å²) in [5.74, 6) is -0.0840. The molecule has 1 aromatic carbocycles. The van der Waals surface area contributed by atoms with Gasteiger partial charge < -0.3 is 18.3 Å². The zero-order valence-corrected chi connectivity index (χ0v) is 29.2. The molecule has 3 aromatic rings. The molecule has 43 heavy (non-hydrogen) atoms. The fourth-order valence-corrected chi connectivity index (χ4v) is 16.1. The van der Waals surface area contributed by atoms with Crippen molar-refractivity contribution in [1.82, 2.24) is 18.3 Å². The highest BCUT2D eigenvalue weighted by molar-refractivity contribution is 7.89. The monoisotopic (exact) mass is 655 g/mol. The maximum atomic E-state index is 14.6. The number of imide groups is 1. The third kappa shape index (κ3) is 4.80. The van der Waals surface area contributed by atoms with Gasteiger partial charge in [0, 0.05) is 42.0 Å². The number of nitrogens with zero attached hydrogens (tertiary/aromatic N) is 5. The average Bonchev–Trinajstić information content (AvgIpc) is 3.57. The molecule has 0 N–H and O–H groups in total. The lowest BCUT2D eigenvalue weighted by atomic mass is 10.3. The highest BCUT2D eigenvalue weighted by Gasteiger charge is 2.66. The van der Waals surface area contributed by atoms with E-state index in [1.807, 2.05) is 30.3 Å². The number of aromatic nitrogens is 4. The Labute approximate surface area is 267 Å². The molecule has 6 heterocycles. The molecule has 2 aromatic heterocycles. The normalized spacial score (nSPS) is 21.9. The summed E-state index contributed by atoms with van der Waals surface area (Å²) in [4.78, 5) is 30.7. The van der Waals surface area contributed by atoms with Crippen LogP contribution in [0.1, 0.15) is 79.1 Å². The fraction of sp³-hybridized carbons (Fsp3) is 0.562. The molecule has 2 atom stereocenters. The highest BCUT2D eigenvalue weighted by Crippen LogP contribution is 2.64. The number of hydrogen-bond donors (Lipinski definition) is 0. The first-order chi connectivity index (χ1) is 20.9. The predicted octanol–water partition coefficient (Wildman–Crippen LogP) is 6.05. The van der Waals surface area contributed by atoms with Gasteiger partial charge in [0.15, 0.2) is 9.54 Å². The first-order valence-electron chi connectivity index (χ1n) is 16.1. The van der Waals surface area contributed by atoms with Gasteiger partial charge in [0.25, 0.3) is 0 Å². The topological polar surface area (TPSA) is 57.1 Å². The maximum Gasteiger partial charge on any atom is 0.243 e. The van der Waals surface area contributed by atoms with E-state index in [0.717, 1.165) is 87.1 Å². The van der Waals surface area contributed by atoms with Gasteiger partial charge in [0.05, 0.1) is 38.7 Å². The molecule has 7 rings (SSSR count). The highest BCUT2D eigenvalue weighted by atomic mass is 32.1. The van der Waals surface area contributed by atoms with Crippen molar-refractivity contribution in [3.05, 3.63) is 39.9 Å². The van der Waals surface area contributed by atoms with Gasteiger partial charge >= 0.3 is 0 Å². The zero-order valence-electron chi connectivity index (χ0n) is 25.8. The summed E-state index contributed by atoms with van der Waals surface area (Å²) in [5, 5.41) is 0. The molecule has 1 fully saturated rings. The van der Waals surface area contributed by atoms with Gasteiger partial charge in [-0.1, -0.05) is 71.6 Å². The summed E-state index contributed by atoms with van der Waals surface area (Å²) in [6.45, 7) is 12.3. The lowest BCUT2D eigenvalue weighted by molar-refractivity contribution is -0.121. The minimum atomic E-state index is -1.20. The van der Waals surface area contributed by atoms with Crippen LogP contribution in [0.15, 0.2) is 30.3 Å². The molecule has 0 spiro atoms. The Bertz CT molecular complexity index is 1480. The van der Waals surface area contributed by atoms with Crippen LogP contribution in [-0.4, -0.2) is 41.4 Å². The first kappa shape index (κ1) is 31.1. The summed E-state index contributed by atoms with van der Waals surface area (Å²) in [7, 11) is -2.40. The number of para-hydroxylation sites is 1. The summed E-state index contributed by atoms with van der Waals surface area (Å²) in [6, 6.07) is 9.54. The quantitative estimate of drug-likeness (QED) is 0.128. The van der Waals surface area contributed by atoms with Crippen molar-refractivity contribution in [1.29, 1.82) is 0 Å². The van der Waals surface area contributed by atoms with E-state index in [9.17, 15) is 9.59 Å². The molecule has 0 saturated carbocycles. The van der Waals surface area contributed by atoms with Crippen LogP contribution in [0.3, 0.4) is 0 Å². The van der Waals surface area contributed by atoms with E-state index in [1.54, 1.807) is 0 Å². The minimum Gasteiger partial charge on any atom is -0.316 e. The van der Waals surface area contributed by atoms with Crippen LogP contribution in [0.5, 0.6) is 0 Å². The Morgan fingerprint density at radius 3 is 1.21 bits per heavy atom. The largest absolute Gasteiger partial charge is 0.316 e. The van der Waals surface area contributed by atoms with E-state index in [-0.39, 0.29) is 23.1 Å². The molecule has 2 amide bonds. The predicted molar refractivity (Wildman–Crippen MR) is 185 cm³/mol. The molecule has 11 heteroatoms. The van der Waals surface area contributed by atoms with Crippen LogP contribution in [0.2, 0.25) is 0 Å². The van der Waals surface area contributed by atoms with Gasteiger partial charge in [-0.15, -0.1) is 0 Å². The molecular weight excluding hydrogens is 612 g/mol. The summed E-state index contributed by atoms with van der Waals surface area (Å²) in [6.07, 6.45) is 8.40. The van der Waals surface area contributed by atoms with Crippen molar-refractivity contribution in [2.75, 3.05) is 4.90 Å². The van der Waals surface area contributed by atoms with Gasteiger partial charge in [-0.05, 0) is 62.3 Å². The molecule has 7 nitrogen and oxygen atoms in total. The van der Waals surface area contributed by atoms with E-state index in [1.165, 1.54) is 26.6 Å². The van der Waals surface area contributed by atoms with Crippen molar-refractivity contribution >= 4 is 79.5 Å². The lowest BCUT2D eigenvalue weighted by Gasteiger charge is -2.44. The van der Waals surface area contributed by atoms with Crippen molar-refractivity contribution in [2.24, 2.45) is 0 Å². The molecule has 4 aliphatic rings. The van der Waals surface area contributed by atoms with Crippen LogP contribution < -0.4 is 26.6 Å². The molecule has 0 radical (unpaired) electrons. The fourth-order valence-electron chi connectivity index (χ4n) is 6.86. The van der Waals surface area contributed by atoms with Crippen LogP contribution in [0.25, 0.3) is 0 Å². The maximum absolute atomic E-state index is 14.6. The van der Waals surface area contributed by atoms with E-state index < -0.39 is 15.8 Å². The zero-order chi connectivity index (χ0) is 30.4. The van der Waals surface area contributed by atoms with Gasteiger partial charge in [-0.25, -0.2) is 4.90 Å². The number of imidazole rings is 2. The Kier molecular flexibility index (Phi) is 9.27. The molecule has 0 aliphatic carbocycles. The summed E-state index contributed by atoms with van der Waals surface area (Å²) >= 11 is 12.5. The van der Waals surface area contributed by atoms with E-state index in [0.29, 0.717) is 5.69 Å². The van der Waals surface area contributed by atoms with E-state index in [4.69, 9.17) is 24.4 Å². The molecule has 4 aliphatic heterocycles. The van der Waals surface area contributed by atoms with Crippen LogP contribution in [0, 0.1) is 9.54 Å². The van der Waals surface area contributed by atoms with Gasteiger partial charge in [0.1, 0.15) is 0 Å². The Morgan fingerprint density at radius 1 is 0.581 bits per heavy atom. The van der Waals surface area contributed by atoms with Crippen molar-refractivity contribution in [2.45, 2.75) is 117 Å².